The number of esters is 1. The molecular weight excluding hydrogens is 302 g/mol. The first-order valence-electron chi connectivity index (χ1n) is 7.98. The van der Waals surface area contributed by atoms with E-state index in [0.717, 1.165) is 17.7 Å². The molecule has 24 heavy (non-hydrogen) atoms. The Morgan fingerprint density at radius 1 is 1.08 bits per heavy atom. The van der Waals surface area contributed by atoms with Gasteiger partial charge in [0, 0.05) is 19.5 Å². The van der Waals surface area contributed by atoms with E-state index in [4.69, 9.17) is 4.74 Å². The summed E-state index contributed by atoms with van der Waals surface area (Å²) in [4.78, 5) is 25.4. The molecule has 4 nitrogen and oxygen atoms in total. The van der Waals surface area contributed by atoms with Crippen LogP contribution in [0, 0.1) is 0 Å². The lowest BCUT2D eigenvalue weighted by Crippen LogP contribution is -2.43. The molecule has 0 saturated carbocycles. The highest BCUT2D eigenvalue weighted by atomic mass is 16.5. The maximum absolute atomic E-state index is 12.3. The second-order valence-corrected chi connectivity index (χ2v) is 5.64. The topological polar surface area (TPSA) is 46.6 Å². The van der Waals surface area contributed by atoms with E-state index in [1.807, 2.05) is 60.7 Å². The number of nitrogens with zero attached hydrogens (tertiary/aromatic N) is 1. The third-order valence-corrected chi connectivity index (χ3v) is 3.96. The second-order valence-electron chi connectivity index (χ2n) is 5.64. The molecule has 0 bridgehead atoms. The molecule has 4 heteroatoms. The van der Waals surface area contributed by atoms with Crippen molar-refractivity contribution in [2.45, 2.75) is 13.0 Å². The van der Waals surface area contributed by atoms with Gasteiger partial charge in [-0.1, -0.05) is 60.7 Å². The van der Waals surface area contributed by atoms with E-state index in [1.54, 1.807) is 11.0 Å². The molecule has 0 spiro atoms. The summed E-state index contributed by atoms with van der Waals surface area (Å²) in [6, 6.07) is 16.9. The Morgan fingerprint density at radius 3 is 2.54 bits per heavy atom. The third-order valence-electron chi connectivity index (χ3n) is 3.96. The van der Waals surface area contributed by atoms with Crippen molar-refractivity contribution in [3.05, 3.63) is 77.4 Å². The summed E-state index contributed by atoms with van der Waals surface area (Å²) in [5, 5.41) is 0. The summed E-state index contributed by atoms with van der Waals surface area (Å²) >= 11 is 0. The zero-order valence-electron chi connectivity index (χ0n) is 13.4. The van der Waals surface area contributed by atoms with Gasteiger partial charge in [0.05, 0.1) is 5.56 Å². The first-order valence-corrected chi connectivity index (χ1v) is 7.98. The quantitative estimate of drug-likeness (QED) is 0.606. The first kappa shape index (κ1) is 16.0. The summed E-state index contributed by atoms with van der Waals surface area (Å²) in [6.45, 7) is 1.64. The Morgan fingerprint density at radius 2 is 1.83 bits per heavy atom. The highest BCUT2D eigenvalue weighted by Gasteiger charge is 2.21. The smallest absolute Gasteiger partial charge is 0.339 e. The van der Waals surface area contributed by atoms with Crippen LogP contribution >= 0.6 is 0 Å². The number of likely N-dealkylation sites (tertiary alicyclic amines) is 1. The van der Waals surface area contributed by atoms with E-state index < -0.39 is 0 Å². The lowest BCUT2D eigenvalue weighted by Gasteiger charge is -2.29. The molecule has 0 atom stereocenters. The summed E-state index contributed by atoms with van der Waals surface area (Å²) in [7, 11) is 0. The number of hydrogen-bond donors (Lipinski definition) is 0. The summed E-state index contributed by atoms with van der Waals surface area (Å²) < 4.78 is 5.39. The van der Waals surface area contributed by atoms with Crippen molar-refractivity contribution in [2.24, 2.45) is 0 Å². The number of amides is 1. The van der Waals surface area contributed by atoms with Crippen molar-refractivity contribution in [3.8, 4) is 0 Å². The number of carbonyl (C=O) groups is 2. The van der Waals surface area contributed by atoms with Crippen LogP contribution in [0.3, 0.4) is 0 Å². The van der Waals surface area contributed by atoms with Crippen LogP contribution < -0.4 is 0 Å². The fourth-order valence-electron chi connectivity index (χ4n) is 2.49. The van der Waals surface area contributed by atoms with E-state index >= 15 is 0 Å². The van der Waals surface area contributed by atoms with E-state index in [-0.39, 0.29) is 18.5 Å². The highest BCUT2D eigenvalue weighted by Crippen LogP contribution is 2.14. The number of benzene rings is 2. The third kappa shape index (κ3) is 3.90. The largest absolute Gasteiger partial charge is 0.457 e. The van der Waals surface area contributed by atoms with Crippen LogP contribution in [0.4, 0.5) is 0 Å². The lowest BCUT2D eigenvalue weighted by molar-refractivity contribution is -0.138. The molecule has 0 N–H and O–H groups in total. The minimum Gasteiger partial charge on any atom is -0.457 e. The zero-order valence-corrected chi connectivity index (χ0v) is 13.4. The van der Waals surface area contributed by atoms with Crippen LogP contribution in [0.15, 0.2) is 60.7 Å². The molecule has 2 aromatic carbocycles. The number of carbonyl (C=O) groups excluding carboxylic acids is 2. The molecule has 0 radical (unpaired) electrons. The molecule has 0 aliphatic carbocycles. The fourth-order valence-corrected chi connectivity index (χ4v) is 2.49. The Labute approximate surface area is 141 Å². The predicted octanol–water partition coefficient (Wildman–Crippen LogP) is 3.29. The minimum atomic E-state index is -0.348. The van der Waals surface area contributed by atoms with Gasteiger partial charge in [-0.2, -0.15) is 0 Å². The Hall–Kier alpha value is -2.88. The average molecular weight is 321 g/mol. The molecule has 1 fully saturated rings. The van der Waals surface area contributed by atoms with Gasteiger partial charge in [-0.3, -0.25) is 4.79 Å². The lowest BCUT2D eigenvalue weighted by atomic mass is 10.1. The van der Waals surface area contributed by atoms with Crippen LogP contribution in [0.25, 0.3) is 6.08 Å². The van der Waals surface area contributed by atoms with Gasteiger partial charge in [0.15, 0.2) is 0 Å². The molecule has 3 rings (SSSR count). The van der Waals surface area contributed by atoms with Crippen LogP contribution in [0.1, 0.15) is 27.9 Å². The molecule has 1 aliphatic heterocycles. The molecule has 0 unspecified atom stereocenters. The number of rotatable bonds is 6. The van der Waals surface area contributed by atoms with Crippen LogP contribution in [-0.2, 0) is 16.1 Å². The SMILES string of the molecule is O=C(OCc1ccccc1)c1ccccc1/C=C/CN1CCC1=O. The van der Waals surface area contributed by atoms with Gasteiger partial charge >= 0.3 is 5.97 Å². The van der Waals surface area contributed by atoms with Gasteiger partial charge in [0.2, 0.25) is 5.91 Å². The number of ether oxygens (including phenoxy) is 1. The van der Waals surface area contributed by atoms with Crippen LogP contribution in [-0.4, -0.2) is 29.9 Å². The molecular formula is C20H19NO3. The van der Waals surface area contributed by atoms with E-state index in [2.05, 4.69) is 0 Å². The van der Waals surface area contributed by atoms with E-state index in [0.29, 0.717) is 18.5 Å². The standard InChI is InChI=1S/C20H19NO3/c22-19-12-14-21(19)13-6-10-17-9-4-5-11-18(17)20(23)24-15-16-7-2-1-3-8-16/h1-11H,12-15H2/b10-6+. The minimum absolute atomic E-state index is 0.176. The average Bonchev–Trinajstić information content (AvgIpc) is 2.63. The summed E-state index contributed by atoms with van der Waals surface area (Å²) in [6.07, 6.45) is 4.40. The maximum atomic E-state index is 12.3. The van der Waals surface area contributed by atoms with Gasteiger partial charge < -0.3 is 9.64 Å². The van der Waals surface area contributed by atoms with Crippen LogP contribution in [0.5, 0.6) is 0 Å². The Bertz CT molecular complexity index is 752. The van der Waals surface area contributed by atoms with Crippen molar-refractivity contribution in [1.82, 2.24) is 4.90 Å². The number of hydrogen-bond acceptors (Lipinski definition) is 3. The van der Waals surface area contributed by atoms with Crippen molar-refractivity contribution < 1.29 is 14.3 Å². The van der Waals surface area contributed by atoms with Crippen molar-refractivity contribution in [3.63, 3.8) is 0 Å². The van der Waals surface area contributed by atoms with E-state index in [1.165, 1.54) is 0 Å². The molecule has 0 aromatic heterocycles. The first-order chi connectivity index (χ1) is 11.7. The highest BCUT2D eigenvalue weighted by molar-refractivity contribution is 5.93. The molecule has 122 valence electrons. The van der Waals surface area contributed by atoms with Crippen LogP contribution in [0.2, 0.25) is 0 Å². The maximum Gasteiger partial charge on any atom is 0.339 e. The second kappa shape index (κ2) is 7.59. The molecule has 1 saturated heterocycles. The molecule has 1 aliphatic rings. The Balaban J connectivity index is 1.63. The fraction of sp³-hybridized carbons (Fsp3) is 0.200. The monoisotopic (exact) mass is 321 g/mol. The number of β-lactam (4-membered cyclic amide) rings is 1. The van der Waals surface area contributed by atoms with Crippen molar-refractivity contribution >= 4 is 18.0 Å². The Kier molecular flexibility index (Phi) is 5.06. The van der Waals surface area contributed by atoms with Gasteiger partial charge in [0.25, 0.3) is 0 Å². The van der Waals surface area contributed by atoms with Gasteiger partial charge in [0.1, 0.15) is 6.61 Å². The zero-order chi connectivity index (χ0) is 16.8. The molecule has 2 aromatic rings. The molecule has 1 heterocycles. The van der Waals surface area contributed by atoms with Gasteiger partial charge in [-0.25, -0.2) is 4.79 Å². The summed E-state index contributed by atoms with van der Waals surface area (Å²) in [5.74, 6) is -0.172. The van der Waals surface area contributed by atoms with Gasteiger partial charge in [-0.05, 0) is 17.2 Å². The molecule has 1 amide bonds. The van der Waals surface area contributed by atoms with Crippen molar-refractivity contribution in [2.75, 3.05) is 13.1 Å². The van der Waals surface area contributed by atoms with Crippen molar-refractivity contribution in [1.29, 1.82) is 0 Å². The summed E-state index contributed by atoms with van der Waals surface area (Å²) in [5.41, 5.74) is 2.28. The van der Waals surface area contributed by atoms with Gasteiger partial charge in [-0.15, -0.1) is 0 Å². The normalized spacial score (nSPS) is 13.8. The van der Waals surface area contributed by atoms with E-state index in [9.17, 15) is 9.59 Å². The predicted molar refractivity (Wildman–Crippen MR) is 92.2 cm³/mol.